The number of rotatable bonds is 2. The van der Waals surface area contributed by atoms with Gasteiger partial charge in [-0.2, -0.15) is 5.10 Å². The molecular formula is C10H14N2O3. The Hall–Kier alpha value is -1.36. The van der Waals surface area contributed by atoms with Crippen molar-refractivity contribution in [2.24, 2.45) is 7.05 Å². The summed E-state index contributed by atoms with van der Waals surface area (Å²) in [6.07, 6.45) is 2.04. The molecule has 2 rings (SSSR count). The van der Waals surface area contributed by atoms with Gasteiger partial charge in [0.15, 0.2) is 0 Å². The summed E-state index contributed by atoms with van der Waals surface area (Å²) in [7, 11) is 1.65. The Balaban J connectivity index is 2.21. The highest BCUT2D eigenvalue weighted by Crippen LogP contribution is 2.24. The van der Waals surface area contributed by atoms with Crippen LogP contribution >= 0.6 is 0 Å². The normalized spacial score (nSPS) is 21.5. The maximum Gasteiger partial charge on any atom is 0.354 e. The van der Waals surface area contributed by atoms with E-state index in [0.29, 0.717) is 6.61 Å². The number of ether oxygens (including phenoxy) is 1. The molecule has 1 aliphatic heterocycles. The highest BCUT2D eigenvalue weighted by atomic mass is 16.5. The van der Waals surface area contributed by atoms with Gasteiger partial charge < -0.3 is 9.84 Å². The quantitative estimate of drug-likeness (QED) is 0.791. The highest BCUT2D eigenvalue weighted by molar-refractivity contribution is 5.85. The van der Waals surface area contributed by atoms with Crippen LogP contribution < -0.4 is 0 Å². The minimum atomic E-state index is -0.937. The van der Waals surface area contributed by atoms with Crippen LogP contribution in [0.1, 0.15) is 34.9 Å². The van der Waals surface area contributed by atoms with Gasteiger partial charge in [0.25, 0.3) is 0 Å². The van der Waals surface area contributed by atoms with Crippen molar-refractivity contribution in [3.05, 3.63) is 17.5 Å². The first-order chi connectivity index (χ1) is 7.18. The molecule has 15 heavy (non-hydrogen) atoms. The van der Waals surface area contributed by atoms with Crippen molar-refractivity contribution in [1.29, 1.82) is 0 Å². The van der Waals surface area contributed by atoms with E-state index in [1.54, 1.807) is 13.1 Å². The van der Waals surface area contributed by atoms with Crippen LogP contribution in [0.2, 0.25) is 0 Å². The molecule has 0 saturated carbocycles. The predicted molar refractivity (Wildman–Crippen MR) is 53.0 cm³/mol. The molecule has 1 atom stereocenters. The zero-order valence-corrected chi connectivity index (χ0v) is 8.64. The lowest BCUT2D eigenvalue weighted by atomic mass is 9.98. The number of nitrogens with zero attached hydrogens (tertiary/aromatic N) is 2. The van der Waals surface area contributed by atoms with Crippen molar-refractivity contribution >= 4 is 5.97 Å². The lowest BCUT2D eigenvalue weighted by Gasteiger charge is -2.19. The van der Waals surface area contributed by atoms with E-state index in [0.717, 1.165) is 25.1 Å². The van der Waals surface area contributed by atoms with E-state index in [1.807, 2.05) is 0 Å². The third-order valence-electron chi connectivity index (χ3n) is 2.70. The summed E-state index contributed by atoms with van der Waals surface area (Å²) in [5.41, 5.74) is 1.06. The summed E-state index contributed by atoms with van der Waals surface area (Å²) >= 11 is 0. The number of carboxylic acid groups (broad SMARTS) is 1. The molecule has 5 heteroatoms. The fourth-order valence-electron chi connectivity index (χ4n) is 1.86. The molecule has 82 valence electrons. The molecule has 5 nitrogen and oxygen atoms in total. The van der Waals surface area contributed by atoms with Crippen LogP contribution in [0.3, 0.4) is 0 Å². The Kier molecular flexibility index (Phi) is 2.73. The Morgan fingerprint density at radius 2 is 2.53 bits per heavy atom. The van der Waals surface area contributed by atoms with Crippen molar-refractivity contribution in [2.75, 3.05) is 13.2 Å². The van der Waals surface area contributed by atoms with Gasteiger partial charge in [0.05, 0.1) is 12.3 Å². The molecule has 1 aromatic rings. The van der Waals surface area contributed by atoms with Crippen molar-refractivity contribution < 1.29 is 14.6 Å². The van der Waals surface area contributed by atoms with E-state index in [-0.39, 0.29) is 11.6 Å². The number of hydrogen-bond acceptors (Lipinski definition) is 3. The zero-order chi connectivity index (χ0) is 10.8. The second-order valence-electron chi connectivity index (χ2n) is 3.80. The fraction of sp³-hybridized carbons (Fsp3) is 0.600. The van der Waals surface area contributed by atoms with Gasteiger partial charge in [-0.25, -0.2) is 4.79 Å². The standard InChI is InChI=1S/C10H14N2O3/c1-12-9(10(13)14)5-8(11-12)7-3-2-4-15-6-7/h5,7H,2-4,6H2,1H3,(H,13,14). The molecule has 0 radical (unpaired) electrons. The van der Waals surface area contributed by atoms with Crippen LogP contribution in [-0.4, -0.2) is 34.1 Å². The topological polar surface area (TPSA) is 64.4 Å². The second-order valence-corrected chi connectivity index (χ2v) is 3.80. The van der Waals surface area contributed by atoms with Gasteiger partial charge in [-0.15, -0.1) is 0 Å². The molecule has 0 spiro atoms. The fourth-order valence-corrected chi connectivity index (χ4v) is 1.86. The first-order valence-corrected chi connectivity index (χ1v) is 5.03. The second kappa shape index (κ2) is 4.02. The van der Waals surface area contributed by atoms with E-state index >= 15 is 0 Å². The Morgan fingerprint density at radius 1 is 1.73 bits per heavy atom. The van der Waals surface area contributed by atoms with Crippen molar-refractivity contribution in [3.63, 3.8) is 0 Å². The predicted octanol–water partition coefficient (Wildman–Crippen LogP) is 1.01. The zero-order valence-electron chi connectivity index (χ0n) is 8.64. The van der Waals surface area contributed by atoms with Crippen molar-refractivity contribution in [2.45, 2.75) is 18.8 Å². The average Bonchev–Trinajstić information content (AvgIpc) is 2.62. The molecular weight excluding hydrogens is 196 g/mol. The molecule has 1 saturated heterocycles. The van der Waals surface area contributed by atoms with Gasteiger partial charge in [0.2, 0.25) is 0 Å². The monoisotopic (exact) mass is 210 g/mol. The average molecular weight is 210 g/mol. The van der Waals surface area contributed by atoms with E-state index < -0.39 is 5.97 Å². The molecule has 1 unspecified atom stereocenters. The van der Waals surface area contributed by atoms with Crippen LogP contribution in [0.5, 0.6) is 0 Å². The Labute approximate surface area is 87.7 Å². The lowest BCUT2D eigenvalue weighted by molar-refractivity contribution is 0.0685. The third kappa shape index (κ3) is 2.02. The molecule has 0 aliphatic carbocycles. The van der Waals surface area contributed by atoms with Crippen LogP contribution in [0, 0.1) is 0 Å². The number of carboxylic acids is 1. The van der Waals surface area contributed by atoms with Crippen LogP contribution in [0.25, 0.3) is 0 Å². The number of aromatic carboxylic acids is 1. The largest absolute Gasteiger partial charge is 0.477 e. The summed E-state index contributed by atoms with van der Waals surface area (Å²) in [5.74, 6) is -0.689. The third-order valence-corrected chi connectivity index (χ3v) is 2.70. The molecule has 1 aliphatic rings. The number of hydrogen-bond donors (Lipinski definition) is 1. The van der Waals surface area contributed by atoms with Crippen LogP contribution in [-0.2, 0) is 11.8 Å². The Bertz CT molecular complexity index is 367. The number of aromatic nitrogens is 2. The first kappa shape index (κ1) is 10.2. The van der Waals surface area contributed by atoms with Gasteiger partial charge >= 0.3 is 5.97 Å². The van der Waals surface area contributed by atoms with Gasteiger partial charge in [-0.1, -0.05) is 0 Å². The summed E-state index contributed by atoms with van der Waals surface area (Å²) in [6.45, 7) is 1.45. The maximum absolute atomic E-state index is 10.8. The van der Waals surface area contributed by atoms with Gasteiger partial charge in [-0.05, 0) is 18.9 Å². The summed E-state index contributed by atoms with van der Waals surface area (Å²) in [4.78, 5) is 10.8. The Morgan fingerprint density at radius 3 is 3.07 bits per heavy atom. The number of aryl methyl sites for hydroxylation is 1. The smallest absolute Gasteiger partial charge is 0.354 e. The summed E-state index contributed by atoms with van der Waals surface area (Å²) in [6, 6.07) is 1.64. The van der Waals surface area contributed by atoms with Gasteiger partial charge in [0, 0.05) is 19.6 Å². The minimum Gasteiger partial charge on any atom is -0.477 e. The van der Waals surface area contributed by atoms with Gasteiger partial charge in [0.1, 0.15) is 5.69 Å². The van der Waals surface area contributed by atoms with Gasteiger partial charge in [-0.3, -0.25) is 4.68 Å². The number of carbonyl (C=O) groups is 1. The van der Waals surface area contributed by atoms with Crippen molar-refractivity contribution in [1.82, 2.24) is 9.78 Å². The van der Waals surface area contributed by atoms with E-state index in [4.69, 9.17) is 9.84 Å². The molecule has 1 fully saturated rings. The van der Waals surface area contributed by atoms with Crippen LogP contribution in [0.15, 0.2) is 6.07 Å². The summed E-state index contributed by atoms with van der Waals surface area (Å²) in [5, 5.41) is 13.1. The molecule has 0 bridgehead atoms. The molecule has 2 heterocycles. The SMILES string of the molecule is Cn1nc(C2CCCOC2)cc1C(=O)O. The maximum atomic E-state index is 10.8. The van der Waals surface area contributed by atoms with E-state index in [2.05, 4.69) is 5.10 Å². The van der Waals surface area contributed by atoms with E-state index in [9.17, 15) is 4.79 Å². The summed E-state index contributed by atoms with van der Waals surface area (Å²) < 4.78 is 6.76. The van der Waals surface area contributed by atoms with Crippen molar-refractivity contribution in [3.8, 4) is 0 Å². The molecule has 0 aromatic carbocycles. The minimum absolute atomic E-state index is 0.232. The molecule has 0 amide bonds. The van der Waals surface area contributed by atoms with Crippen LogP contribution in [0.4, 0.5) is 0 Å². The molecule has 1 N–H and O–H groups in total. The lowest BCUT2D eigenvalue weighted by Crippen LogP contribution is -2.16. The highest BCUT2D eigenvalue weighted by Gasteiger charge is 2.21. The first-order valence-electron chi connectivity index (χ1n) is 5.03. The molecule has 1 aromatic heterocycles. The van der Waals surface area contributed by atoms with E-state index in [1.165, 1.54) is 4.68 Å².